The van der Waals surface area contributed by atoms with Gasteiger partial charge in [-0.25, -0.2) is 8.42 Å². The smallest absolute Gasteiger partial charge is 0.264 e. The molecular weight excluding hydrogens is 550 g/mol. The number of hydrogen-bond acceptors (Lipinski definition) is 5. The first kappa shape index (κ1) is 31.0. The van der Waals surface area contributed by atoms with Gasteiger partial charge in [0.2, 0.25) is 11.8 Å². The van der Waals surface area contributed by atoms with Crippen molar-refractivity contribution in [2.45, 2.75) is 57.6 Å². The van der Waals surface area contributed by atoms with Crippen LogP contribution in [0.2, 0.25) is 5.02 Å². The molecule has 0 spiro atoms. The Morgan fingerprint density at radius 2 is 1.65 bits per heavy atom. The van der Waals surface area contributed by atoms with Crippen molar-refractivity contribution in [2.24, 2.45) is 0 Å². The summed E-state index contributed by atoms with van der Waals surface area (Å²) in [4.78, 5) is 28.5. The molecule has 2 amide bonds. The number of ether oxygens (including phenoxy) is 1. The molecule has 0 radical (unpaired) electrons. The normalized spacial score (nSPS) is 12.4. The third-order valence-electron chi connectivity index (χ3n) is 6.12. The summed E-state index contributed by atoms with van der Waals surface area (Å²) in [5.41, 5.74) is 1.52. The van der Waals surface area contributed by atoms with Crippen molar-refractivity contribution in [1.82, 2.24) is 10.2 Å². The number of carbonyl (C=O) groups is 2. The average Bonchev–Trinajstić information content (AvgIpc) is 2.88. The number of hydrogen-bond donors (Lipinski definition) is 1. The maximum Gasteiger partial charge on any atom is 0.264 e. The van der Waals surface area contributed by atoms with Crippen molar-refractivity contribution >= 4 is 39.1 Å². The Hall–Kier alpha value is -3.56. The summed E-state index contributed by atoms with van der Waals surface area (Å²) in [6.07, 6.45) is 0. The van der Waals surface area contributed by atoms with Gasteiger partial charge in [-0.05, 0) is 82.6 Å². The average molecular weight is 586 g/mol. The van der Waals surface area contributed by atoms with Gasteiger partial charge in [0.05, 0.1) is 17.7 Å². The van der Waals surface area contributed by atoms with Crippen LogP contribution in [0.25, 0.3) is 0 Å². The van der Waals surface area contributed by atoms with Crippen LogP contribution >= 0.6 is 11.6 Å². The van der Waals surface area contributed by atoms with E-state index in [0.717, 1.165) is 15.4 Å². The van der Waals surface area contributed by atoms with Gasteiger partial charge >= 0.3 is 0 Å². The minimum absolute atomic E-state index is 0.0233. The lowest BCUT2D eigenvalue weighted by molar-refractivity contribution is -0.140. The monoisotopic (exact) mass is 585 g/mol. The fraction of sp³-hybridized carbons (Fsp3) is 0.333. The second-order valence-corrected chi connectivity index (χ2v) is 12.9. The zero-order valence-electron chi connectivity index (χ0n) is 23.6. The first-order valence-corrected chi connectivity index (χ1v) is 14.6. The molecule has 0 aromatic heterocycles. The highest BCUT2D eigenvalue weighted by atomic mass is 35.5. The number of nitrogens with zero attached hydrogens (tertiary/aromatic N) is 2. The predicted molar refractivity (Wildman–Crippen MR) is 158 cm³/mol. The molecule has 3 aromatic rings. The van der Waals surface area contributed by atoms with Crippen molar-refractivity contribution in [3.05, 3.63) is 88.9 Å². The Balaban J connectivity index is 2.04. The van der Waals surface area contributed by atoms with Crippen LogP contribution in [0.1, 0.15) is 38.8 Å². The quantitative estimate of drug-likeness (QED) is 0.353. The first-order valence-electron chi connectivity index (χ1n) is 12.8. The molecule has 214 valence electrons. The molecule has 0 saturated heterocycles. The largest absolute Gasteiger partial charge is 0.497 e. The zero-order chi connectivity index (χ0) is 29.7. The zero-order valence-corrected chi connectivity index (χ0v) is 25.2. The van der Waals surface area contributed by atoms with E-state index in [-0.39, 0.29) is 23.0 Å². The number of benzene rings is 3. The van der Waals surface area contributed by atoms with Gasteiger partial charge < -0.3 is 15.0 Å². The summed E-state index contributed by atoms with van der Waals surface area (Å²) in [5.74, 6) is -0.400. The van der Waals surface area contributed by atoms with Gasteiger partial charge in [-0.3, -0.25) is 13.9 Å². The van der Waals surface area contributed by atoms with Crippen LogP contribution in [0.3, 0.4) is 0 Å². The van der Waals surface area contributed by atoms with E-state index in [2.05, 4.69) is 5.32 Å². The number of aryl methyl sites for hydroxylation is 1. The molecule has 40 heavy (non-hydrogen) atoms. The lowest BCUT2D eigenvalue weighted by Crippen LogP contribution is -2.54. The number of nitrogens with one attached hydrogen (secondary N) is 1. The van der Waals surface area contributed by atoms with Crippen molar-refractivity contribution in [2.75, 3.05) is 18.0 Å². The maximum absolute atomic E-state index is 14.0. The number of sulfonamides is 1. The van der Waals surface area contributed by atoms with Crippen LogP contribution < -0.4 is 14.4 Å². The molecule has 1 N–H and O–H groups in total. The first-order chi connectivity index (χ1) is 18.7. The van der Waals surface area contributed by atoms with E-state index in [9.17, 15) is 18.0 Å². The predicted octanol–water partition coefficient (Wildman–Crippen LogP) is 5.18. The highest BCUT2D eigenvalue weighted by molar-refractivity contribution is 7.92. The van der Waals surface area contributed by atoms with Gasteiger partial charge in [0.25, 0.3) is 10.0 Å². The second kappa shape index (κ2) is 12.7. The molecule has 0 aliphatic rings. The Kier molecular flexibility index (Phi) is 9.87. The summed E-state index contributed by atoms with van der Waals surface area (Å²) >= 11 is 6.21. The van der Waals surface area contributed by atoms with Gasteiger partial charge in [0.1, 0.15) is 18.3 Å². The molecule has 3 rings (SSSR count). The summed E-state index contributed by atoms with van der Waals surface area (Å²) in [7, 11) is -2.72. The topological polar surface area (TPSA) is 96.0 Å². The molecule has 0 fully saturated rings. The summed E-state index contributed by atoms with van der Waals surface area (Å²) in [6.45, 7) is 8.70. The van der Waals surface area contributed by atoms with Crippen LogP contribution in [0, 0.1) is 6.92 Å². The van der Waals surface area contributed by atoms with Crippen molar-refractivity contribution in [3.8, 4) is 5.75 Å². The molecule has 0 saturated carbocycles. The van der Waals surface area contributed by atoms with Crippen LogP contribution in [-0.4, -0.2) is 50.4 Å². The van der Waals surface area contributed by atoms with Crippen LogP contribution in [0.5, 0.6) is 5.75 Å². The molecule has 0 heterocycles. The lowest BCUT2D eigenvalue weighted by atomic mass is 10.1. The highest BCUT2D eigenvalue weighted by Gasteiger charge is 2.33. The molecule has 0 aliphatic carbocycles. The Morgan fingerprint density at radius 1 is 1.00 bits per heavy atom. The van der Waals surface area contributed by atoms with E-state index in [1.165, 1.54) is 42.3 Å². The number of anilines is 1. The third kappa shape index (κ3) is 7.99. The Morgan fingerprint density at radius 3 is 2.23 bits per heavy atom. The molecular formula is C30H36ClN3O5S. The fourth-order valence-corrected chi connectivity index (χ4v) is 5.69. The SMILES string of the molecule is COc1ccc(S(=O)(=O)N(CC(=O)N(Cc2cccc(C)c2)[C@H](C)C(=O)NC(C)(C)C)c2cccc(Cl)c2)cc1. The van der Waals surface area contributed by atoms with E-state index >= 15 is 0 Å². The highest BCUT2D eigenvalue weighted by Crippen LogP contribution is 2.28. The van der Waals surface area contributed by atoms with Gasteiger partial charge in [-0.15, -0.1) is 0 Å². The van der Waals surface area contributed by atoms with E-state index in [4.69, 9.17) is 16.3 Å². The number of methoxy groups -OCH3 is 1. The van der Waals surface area contributed by atoms with Crippen LogP contribution in [0.4, 0.5) is 5.69 Å². The Labute approximate surface area is 241 Å². The van der Waals surface area contributed by atoms with Crippen LogP contribution in [-0.2, 0) is 26.2 Å². The van der Waals surface area contributed by atoms with Crippen LogP contribution in [0.15, 0.2) is 77.7 Å². The van der Waals surface area contributed by atoms with Crippen molar-refractivity contribution in [1.29, 1.82) is 0 Å². The van der Waals surface area contributed by atoms with Gasteiger partial charge in [-0.1, -0.05) is 47.5 Å². The minimum atomic E-state index is -4.21. The summed E-state index contributed by atoms with van der Waals surface area (Å²) in [6, 6.07) is 18.9. The van der Waals surface area contributed by atoms with Crippen molar-refractivity contribution < 1.29 is 22.7 Å². The lowest BCUT2D eigenvalue weighted by Gasteiger charge is -2.33. The molecule has 10 heteroatoms. The molecule has 8 nitrogen and oxygen atoms in total. The Bertz CT molecular complexity index is 1450. The minimum Gasteiger partial charge on any atom is -0.497 e. The molecule has 3 aromatic carbocycles. The van der Waals surface area contributed by atoms with Gasteiger partial charge in [-0.2, -0.15) is 0 Å². The number of halogens is 1. The maximum atomic E-state index is 14.0. The molecule has 1 atom stereocenters. The van der Waals surface area contributed by atoms with E-state index in [1.807, 2.05) is 52.0 Å². The summed E-state index contributed by atoms with van der Waals surface area (Å²) in [5, 5.41) is 3.23. The van der Waals surface area contributed by atoms with E-state index in [0.29, 0.717) is 10.8 Å². The number of rotatable bonds is 10. The third-order valence-corrected chi connectivity index (χ3v) is 8.15. The van der Waals surface area contributed by atoms with E-state index in [1.54, 1.807) is 25.1 Å². The standard InChI is InChI=1S/C30H36ClN3O5S/c1-21-9-7-10-23(17-21)19-33(22(2)29(36)32-30(3,4)5)28(35)20-34(25-12-8-11-24(31)18-25)40(37,38)27-15-13-26(39-6)14-16-27/h7-18,22H,19-20H2,1-6H3,(H,32,36)/t22-/m1/s1. The second-order valence-electron chi connectivity index (χ2n) is 10.6. The summed E-state index contributed by atoms with van der Waals surface area (Å²) < 4.78 is 34.0. The molecule has 0 aliphatic heterocycles. The van der Waals surface area contributed by atoms with Crippen molar-refractivity contribution in [3.63, 3.8) is 0 Å². The number of amides is 2. The van der Waals surface area contributed by atoms with E-state index < -0.39 is 34.1 Å². The molecule has 0 bridgehead atoms. The fourth-order valence-electron chi connectivity index (χ4n) is 4.10. The number of carbonyl (C=O) groups excluding carboxylic acids is 2. The van der Waals surface area contributed by atoms with Gasteiger partial charge in [0.15, 0.2) is 0 Å². The molecule has 0 unspecified atom stereocenters. The van der Waals surface area contributed by atoms with Gasteiger partial charge in [0, 0.05) is 17.1 Å².